The van der Waals surface area contributed by atoms with E-state index in [1.165, 1.54) is 12.1 Å². The number of alkyl halides is 3. The van der Waals surface area contributed by atoms with Crippen molar-refractivity contribution in [2.24, 2.45) is 5.84 Å². The first kappa shape index (κ1) is 14.5. The number of nitrogens with two attached hydrogens (primary N) is 1. The molecule has 0 aliphatic rings. The third kappa shape index (κ3) is 3.15. The first-order valence-corrected chi connectivity index (χ1v) is 5.98. The van der Waals surface area contributed by atoms with Gasteiger partial charge in [0.15, 0.2) is 0 Å². The van der Waals surface area contributed by atoms with Crippen molar-refractivity contribution in [1.82, 2.24) is 10.4 Å². The Morgan fingerprint density at radius 1 is 1.10 bits per heavy atom. The van der Waals surface area contributed by atoms with Gasteiger partial charge in [-0.2, -0.15) is 13.2 Å². The molecule has 0 saturated carbocycles. The summed E-state index contributed by atoms with van der Waals surface area (Å²) in [5.41, 5.74) is 3.99. The molecule has 1 atom stereocenters. The van der Waals surface area contributed by atoms with Crippen molar-refractivity contribution >= 4 is 0 Å². The molecule has 1 aromatic heterocycles. The Morgan fingerprint density at radius 3 is 2.25 bits per heavy atom. The lowest BCUT2D eigenvalue weighted by atomic mass is 10.0. The molecule has 3 N–H and O–H groups in total. The first-order chi connectivity index (χ1) is 9.41. The number of nitrogens with zero attached hydrogens (tertiary/aromatic N) is 1. The molecule has 2 rings (SSSR count). The number of aryl methyl sites for hydroxylation is 1. The fraction of sp³-hybridized carbons (Fsp3) is 0.214. The number of aromatic nitrogens is 1. The van der Waals surface area contributed by atoms with Crippen LogP contribution < -0.4 is 11.3 Å². The van der Waals surface area contributed by atoms with Crippen LogP contribution >= 0.6 is 0 Å². The van der Waals surface area contributed by atoms with Crippen molar-refractivity contribution in [3.63, 3.8) is 0 Å². The number of nitrogens with one attached hydrogen (secondary N) is 1. The molecule has 20 heavy (non-hydrogen) atoms. The number of benzene rings is 1. The predicted molar refractivity (Wildman–Crippen MR) is 69.6 cm³/mol. The summed E-state index contributed by atoms with van der Waals surface area (Å²) in [5, 5.41) is 0. The molecule has 2 aromatic rings. The van der Waals surface area contributed by atoms with Gasteiger partial charge in [0.25, 0.3) is 0 Å². The molecule has 106 valence electrons. The molecule has 0 amide bonds. The SMILES string of the molecule is Cc1cccc(C(NN)c2ccc(C(F)(F)F)cc2)n1. The lowest BCUT2D eigenvalue weighted by Gasteiger charge is -2.17. The van der Waals surface area contributed by atoms with E-state index in [1.807, 2.05) is 19.1 Å². The molecule has 0 bridgehead atoms. The minimum Gasteiger partial charge on any atom is -0.271 e. The summed E-state index contributed by atoms with van der Waals surface area (Å²) in [7, 11) is 0. The standard InChI is InChI=1S/C14H14F3N3/c1-9-3-2-4-12(19-9)13(20-18)10-5-7-11(8-6-10)14(15,16)17/h2-8,13,20H,18H2,1H3. The van der Waals surface area contributed by atoms with E-state index in [2.05, 4.69) is 10.4 Å². The predicted octanol–water partition coefficient (Wildman–Crippen LogP) is 2.96. The second-order valence-electron chi connectivity index (χ2n) is 4.42. The van der Waals surface area contributed by atoms with Gasteiger partial charge < -0.3 is 0 Å². The minimum absolute atomic E-state index is 0.447. The highest BCUT2D eigenvalue weighted by Crippen LogP contribution is 2.30. The van der Waals surface area contributed by atoms with Crippen LogP contribution in [0.5, 0.6) is 0 Å². The van der Waals surface area contributed by atoms with Gasteiger partial charge in [0.05, 0.1) is 17.3 Å². The van der Waals surface area contributed by atoms with E-state index < -0.39 is 17.8 Å². The van der Waals surface area contributed by atoms with Crippen LogP contribution in [0, 0.1) is 6.92 Å². The summed E-state index contributed by atoms with van der Waals surface area (Å²) < 4.78 is 37.6. The number of pyridine rings is 1. The maximum atomic E-state index is 12.5. The molecule has 1 aromatic carbocycles. The summed E-state index contributed by atoms with van der Waals surface area (Å²) in [6.45, 7) is 1.84. The zero-order chi connectivity index (χ0) is 14.8. The lowest BCUT2D eigenvalue weighted by Crippen LogP contribution is -2.29. The van der Waals surface area contributed by atoms with Crippen LogP contribution in [0.25, 0.3) is 0 Å². The summed E-state index contributed by atoms with van der Waals surface area (Å²) >= 11 is 0. The van der Waals surface area contributed by atoms with Crippen molar-refractivity contribution in [2.75, 3.05) is 0 Å². The van der Waals surface area contributed by atoms with Crippen molar-refractivity contribution < 1.29 is 13.2 Å². The maximum Gasteiger partial charge on any atom is 0.416 e. The average molecular weight is 281 g/mol. The van der Waals surface area contributed by atoms with E-state index >= 15 is 0 Å². The van der Waals surface area contributed by atoms with Crippen LogP contribution in [-0.4, -0.2) is 4.98 Å². The normalized spacial score (nSPS) is 13.2. The fourth-order valence-corrected chi connectivity index (χ4v) is 1.94. The Hall–Kier alpha value is -1.92. The number of hydrogen-bond acceptors (Lipinski definition) is 3. The van der Waals surface area contributed by atoms with E-state index in [0.29, 0.717) is 11.3 Å². The van der Waals surface area contributed by atoms with Crippen LogP contribution in [-0.2, 0) is 6.18 Å². The maximum absolute atomic E-state index is 12.5. The minimum atomic E-state index is -4.34. The van der Waals surface area contributed by atoms with Gasteiger partial charge in [-0.1, -0.05) is 18.2 Å². The Labute approximate surface area is 114 Å². The highest BCUT2D eigenvalue weighted by molar-refractivity contribution is 5.32. The van der Waals surface area contributed by atoms with E-state index in [-0.39, 0.29) is 0 Å². The number of rotatable bonds is 3. The van der Waals surface area contributed by atoms with Gasteiger partial charge in [-0.15, -0.1) is 0 Å². The van der Waals surface area contributed by atoms with Crippen LogP contribution in [0.3, 0.4) is 0 Å². The van der Waals surface area contributed by atoms with Gasteiger partial charge in [-0.3, -0.25) is 10.8 Å². The van der Waals surface area contributed by atoms with Crippen LogP contribution in [0.15, 0.2) is 42.5 Å². The lowest BCUT2D eigenvalue weighted by molar-refractivity contribution is -0.137. The Kier molecular flexibility index (Phi) is 4.06. The molecule has 6 heteroatoms. The van der Waals surface area contributed by atoms with Gasteiger partial charge in [0, 0.05) is 5.69 Å². The summed E-state index contributed by atoms with van der Waals surface area (Å²) in [4.78, 5) is 4.33. The molecular formula is C14H14F3N3. The van der Waals surface area contributed by atoms with Crippen molar-refractivity contribution in [2.45, 2.75) is 19.1 Å². The Bertz CT molecular complexity index is 579. The van der Waals surface area contributed by atoms with Crippen molar-refractivity contribution in [3.05, 3.63) is 65.0 Å². The highest BCUT2D eigenvalue weighted by atomic mass is 19.4. The smallest absolute Gasteiger partial charge is 0.271 e. The first-order valence-electron chi connectivity index (χ1n) is 5.98. The van der Waals surface area contributed by atoms with Crippen LogP contribution in [0.1, 0.15) is 28.6 Å². The number of hydrazine groups is 1. The van der Waals surface area contributed by atoms with E-state index in [9.17, 15) is 13.2 Å². The third-order valence-electron chi connectivity index (χ3n) is 2.94. The van der Waals surface area contributed by atoms with Crippen molar-refractivity contribution in [1.29, 1.82) is 0 Å². The van der Waals surface area contributed by atoms with Gasteiger partial charge in [0.1, 0.15) is 0 Å². The fourth-order valence-electron chi connectivity index (χ4n) is 1.94. The zero-order valence-electron chi connectivity index (χ0n) is 10.8. The number of hydrogen-bond donors (Lipinski definition) is 2. The molecule has 0 radical (unpaired) electrons. The third-order valence-corrected chi connectivity index (χ3v) is 2.94. The molecule has 0 aliphatic carbocycles. The molecule has 0 spiro atoms. The molecule has 0 saturated heterocycles. The summed E-state index contributed by atoms with van der Waals surface area (Å²) in [6.07, 6.45) is -4.34. The van der Waals surface area contributed by atoms with E-state index in [0.717, 1.165) is 17.8 Å². The van der Waals surface area contributed by atoms with E-state index in [1.54, 1.807) is 6.07 Å². The van der Waals surface area contributed by atoms with Gasteiger partial charge >= 0.3 is 6.18 Å². The second kappa shape index (κ2) is 5.60. The largest absolute Gasteiger partial charge is 0.416 e. The Morgan fingerprint density at radius 2 is 1.75 bits per heavy atom. The summed E-state index contributed by atoms with van der Waals surface area (Å²) in [5.74, 6) is 5.50. The molecule has 3 nitrogen and oxygen atoms in total. The summed E-state index contributed by atoms with van der Waals surface area (Å²) in [6, 6.07) is 9.86. The molecular weight excluding hydrogens is 267 g/mol. The average Bonchev–Trinajstić information content (AvgIpc) is 2.39. The molecule has 0 aliphatic heterocycles. The van der Waals surface area contributed by atoms with Crippen LogP contribution in [0.4, 0.5) is 13.2 Å². The monoisotopic (exact) mass is 281 g/mol. The zero-order valence-corrected chi connectivity index (χ0v) is 10.8. The van der Waals surface area contributed by atoms with Gasteiger partial charge in [-0.05, 0) is 36.8 Å². The quantitative estimate of drug-likeness (QED) is 0.671. The molecule has 1 unspecified atom stereocenters. The van der Waals surface area contributed by atoms with Gasteiger partial charge in [-0.25, -0.2) is 5.43 Å². The highest BCUT2D eigenvalue weighted by Gasteiger charge is 2.30. The topological polar surface area (TPSA) is 50.9 Å². The Balaban J connectivity index is 2.33. The van der Waals surface area contributed by atoms with E-state index in [4.69, 9.17) is 5.84 Å². The molecule has 0 fully saturated rings. The number of halogens is 3. The van der Waals surface area contributed by atoms with Gasteiger partial charge in [0.2, 0.25) is 0 Å². The molecule has 1 heterocycles. The van der Waals surface area contributed by atoms with Crippen molar-refractivity contribution in [3.8, 4) is 0 Å². The second-order valence-corrected chi connectivity index (χ2v) is 4.42. The van der Waals surface area contributed by atoms with Crippen LogP contribution in [0.2, 0.25) is 0 Å².